The van der Waals surface area contributed by atoms with E-state index in [0.717, 1.165) is 0 Å². The third-order valence-electron chi connectivity index (χ3n) is 2.92. The second-order valence-corrected chi connectivity index (χ2v) is 4.34. The number of hydrogen-bond acceptors (Lipinski definition) is 4. The van der Waals surface area contributed by atoms with E-state index in [4.69, 9.17) is 0 Å². The molecule has 2 aromatic carbocycles. The number of nitro groups is 1. The maximum Gasteiger partial charge on any atom is 0.270 e. The van der Waals surface area contributed by atoms with Gasteiger partial charge in [0.15, 0.2) is 0 Å². The first-order valence-corrected chi connectivity index (χ1v) is 6.06. The van der Waals surface area contributed by atoms with Crippen LogP contribution in [-0.2, 0) is 0 Å². The molecule has 21 heavy (non-hydrogen) atoms. The Morgan fingerprint density at radius 2 is 1.95 bits per heavy atom. The van der Waals surface area contributed by atoms with Gasteiger partial charge in [0.2, 0.25) is 0 Å². The molecule has 0 radical (unpaired) electrons. The Hall–Kier alpha value is -3.09. The predicted octanol–water partition coefficient (Wildman–Crippen LogP) is 2.98. The quantitative estimate of drug-likeness (QED) is 0.547. The molecule has 3 aromatic rings. The summed E-state index contributed by atoms with van der Waals surface area (Å²) in [5.74, 6) is -0.375. The van der Waals surface area contributed by atoms with Gasteiger partial charge in [-0.3, -0.25) is 10.1 Å². The molecule has 0 aliphatic heterocycles. The van der Waals surface area contributed by atoms with Gasteiger partial charge >= 0.3 is 0 Å². The maximum atomic E-state index is 13.2. The van der Waals surface area contributed by atoms with E-state index in [9.17, 15) is 14.5 Å². The predicted molar refractivity (Wildman–Crippen MR) is 73.4 cm³/mol. The molecular weight excluding hydrogens is 275 g/mol. The van der Waals surface area contributed by atoms with Gasteiger partial charge in [-0.15, -0.1) is 5.10 Å². The van der Waals surface area contributed by atoms with Gasteiger partial charge < -0.3 is 0 Å². The van der Waals surface area contributed by atoms with Crippen LogP contribution in [0.25, 0.3) is 16.9 Å². The zero-order chi connectivity index (χ0) is 14.8. The second-order valence-electron chi connectivity index (χ2n) is 4.34. The van der Waals surface area contributed by atoms with Crippen molar-refractivity contribution in [1.29, 1.82) is 0 Å². The highest BCUT2D eigenvalue weighted by Gasteiger charge is 2.10. The lowest BCUT2D eigenvalue weighted by atomic mass is 10.1. The summed E-state index contributed by atoms with van der Waals surface area (Å²) in [6.45, 7) is 0. The zero-order valence-corrected chi connectivity index (χ0v) is 10.7. The van der Waals surface area contributed by atoms with Crippen molar-refractivity contribution >= 4 is 5.69 Å². The van der Waals surface area contributed by atoms with Crippen molar-refractivity contribution in [2.24, 2.45) is 0 Å². The SMILES string of the molecule is O=[N+]([O-])c1cccc(-c2cn(-c3cccc(F)c3)nn2)c1. The average Bonchev–Trinajstić information content (AvgIpc) is 2.97. The number of non-ortho nitro benzene ring substituents is 1. The van der Waals surface area contributed by atoms with Gasteiger partial charge in [-0.05, 0) is 18.2 Å². The Balaban J connectivity index is 1.98. The first-order valence-electron chi connectivity index (χ1n) is 6.06. The zero-order valence-electron chi connectivity index (χ0n) is 10.7. The molecular formula is C14H9FN4O2. The number of nitro benzene ring substituents is 1. The topological polar surface area (TPSA) is 73.8 Å². The molecule has 0 atom stereocenters. The smallest absolute Gasteiger partial charge is 0.258 e. The summed E-state index contributed by atoms with van der Waals surface area (Å²) < 4.78 is 14.6. The van der Waals surface area contributed by atoms with Crippen LogP contribution in [0.3, 0.4) is 0 Å². The van der Waals surface area contributed by atoms with Crippen LogP contribution in [0, 0.1) is 15.9 Å². The summed E-state index contributed by atoms with van der Waals surface area (Å²) in [5, 5.41) is 18.6. The molecule has 1 heterocycles. The van der Waals surface area contributed by atoms with Crippen LogP contribution in [0.4, 0.5) is 10.1 Å². The van der Waals surface area contributed by atoms with Gasteiger partial charge in [-0.1, -0.05) is 23.4 Å². The molecule has 0 saturated heterocycles. The molecule has 0 unspecified atom stereocenters. The molecule has 0 amide bonds. The minimum Gasteiger partial charge on any atom is -0.258 e. The molecule has 0 fully saturated rings. The third-order valence-corrected chi connectivity index (χ3v) is 2.92. The summed E-state index contributed by atoms with van der Waals surface area (Å²) in [6.07, 6.45) is 1.59. The van der Waals surface area contributed by atoms with Crippen molar-refractivity contribution < 1.29 is 9.31 Å². The first-order chi connectivity index (χ1) is 10.1. The number of benzene rings is 2. The largest absolute Gasteiger partial charge is 0.270 e. The Morgan fingerprint density at radius 1 is 1.14 bits per heavy atom. The molecule has 0 aliphatic carbocycles. The van der Waals surface area contributed by atoms with Crippen LogP contribution in [0.2, 0.25) is 0 Å². The number of nitrogens with zero attached hydrogens (tertiary/aromatic N) is 4. The van der Waals surface area contributed by atoms with E-state index in [-0.39, 0.29) is 11.5 Å². The molecule has 0 bridgehead atoms. The van der Waals surface area contributed by atoms with Crippen LogP contribution in [-0.4, -0.2) is 19.9 Å². The lowest BCUT2D eigenvalue weighted by Crippen LogP contribution is -1.94. The van der Waals surface area contributed by atoms with Crippen LogP contribution in [0.5, 0.6) is 0 Å². The second kappa shape index (κ2) is 5.12. The van der Waals surface area contributed by atoms with E-state index in [1.165, 1.54) is 28.9 Å². The lowest BCUT2D eigenvalue weighted by molar-refractivity contribution is -0.384. The van der Waals surface area contributed by atoms with Crippen LogP contribution in [0.1, 0.15) is 0 Å². The Bertz CT molecular complexity index is 816. The van der Waals surface area contributed by atoms with Crippen molar-refractivity contribution in [3.05, 3.63) is 70.7 Å². The Labute approximate surface area is 118 Å². The summed E-state index contributed by atoms with van der Waals surface area (Å²) in [6, 6.07) is 12.0. The maximum absolute atomic E-state index is 13.2. The highest BCUT2D eigenvalue weighted by molar-refractivity contribution is 5.61. The Kier molecular flexibility index (Phi) is 3.15. The van der Waals surface area contributed by atoms with E-state index in [0.29, 0.717) is 16.9 Å². The van der Waals surface area contributed by atoms with Crippen molar-refractivity contribution in [2.75, 3.05) is 0 Å². The van der Waals surface area contributed by atoms with Gasteiger partial charge in [-0.2, -0.15) is 0 Å². The van der Waals surface area contributed by atoms with Crippen molar-refractivity contribution in [1.82, 2.24) is 15.0 Å². The van der Waals surface area contributed by atoms with Crippen molar-refractivity contribution in [3.8, 4) is 16.9 Å². The van der Waals surface area contributed by atoms with Gasteiger partial charge in [0.25, 0.3) is 5.69 Å². The van der Waals surface area contributed by atoms with Gasteiger partial charge in [0.05, 0.1) is 16.8 Å². The molecule has 0 N–H and O–H groups in total. The number of aromatic nitrogens is 3. The van der Waals surface area contributed by atoms with E-state index in [1.54, 1.807) is 30.5 Å². The van der Waals surface area contributed by atoms with E-state index in [1.807, 2.05) is 0 Å². The van der Waals surface area contributed by atoms with E-state index >= 15 is 0 Å². The average molecular weight is 284 g/mol. The number of hydrogen-bond donors (Lipinski definition) is 0. The molecule has 1 aromatic heterocycles. The van der Waals surface area contributed by atoms with Gasteiger partial charge in [-0.25, -0.2) is 9.07 Å². The summed E-state index contributed by atoms with van der Waals surface area (Å²) in [4.78, 5) is 10.3. The van der Waals surface area contributed by atoms with Crippen molar-refractivity contribution in [3.63, 3.8) is 0 Å². The summed E-state index contributed by atoms with van der Waals surface area (Å²) in [7, 11) is 0. The highest BCUT2D eigenvalue weighted by Crippen LogP contribution is 2.22. The molecule has 3 rings (SSSR count). The van der Waals surface area contributed by atoms with Crippen molar-refractivity contribution in [2.45, 2.75) is 0 Å². The molecule has 104 valence electrons. The number of halogens is 1. The minimum atomic E-state index is -0.472. The highest BCUT2D eigenvalue weighted by atomic mass is 19.1. The fourth-order valence-electron chi connectivity index (χ4n) is 1.92. The molecule has 0 saturated carbocycles. The lowest BCUT2D eigenvalue weighted by Gasteiger charge is -1.99. The fraction of sp³-hybridized carbons (Fsp3) is 0. The third kappa shape index (κ3) is 2.62. The fourth-order valence-corrected chi connectivity index (χ4v) is 1.92. The Morgan fingerprint density at radius 3 is 2.71 bits per heavy atom. The van der Waals surface area contributed by atoms with Crippen LogP contribution < -0.4 is 0 Å². The van der Waals surface area contributed by atoms with Crippen LogP contribution in [0.15, 0.2) is 54.7 Å². The normalized spacial score (nSPS) is 10.5. The molecule has 0 spiro atoms. The molecule has 7 heteroatoms. The summed E-state index contributed by atoms with van der Waals surface area (Å²) >= 11 is 0. The van der Waals surface area contributed by atoms with E-state index < -0.39 is 4.92 Å². The van der Waals surface area contributed by atoms with Gasteiger partial charge in [0, 0.05) is 17.7 Å². The monoisotopic (exact) mass is 284 g/mol. The summed E-state index contributed by atoms with van der Waals surface area (Å²) in [5.41, 5.74) is 1.56. The van der Waals surface area contributed by atoms with E-state index in [2.05, 4.69) is 10.3 Å². The standard InChI is InChI=1S/C14H9FN4O2/c15-11-4-2-5-12(8-11)18-9-14(16-17-18)10-3-1-6-13(7-10)19(20)21/h1-9H. The molecule has 6 nitrogen and oxygen atoms in total. The minimum absolute atomic E-state index is 0.0206. The molecule has 0 aliphatic rings. The first kappa shape index (κ1) is 12.9. The van der Waals surface area contributed by atoms with Gasteiger partial charge in [0.1, 0.15) is 11.5 Å². The van der Waals surface area contributed by atoms with Crippen LogP contribution >= 0.6 is 0 Å². The number of rotatable bonds is 3.